The highest BCUT2D eigenvalue weighted by Gasteiger charge is 2.25. The fourth-order valence-electron chi connectivity index (χ4n) is 3.90. The lowest BCUT2D eigenvalue weighted by atomic mass is 10.1. The summed E-state index contributed by atoms with van der Waals surface area (Å²) in [5.74, 6) is 0.625. The number of nitrogens with zero attached hydrogens (tertiary/aromatic N) is 3. The largest absolute Gasteiger partial charge is 0.467 e. The highest BCUT2D eigenvalue weighted by atomic mass is 16.3. The van der Waals surface area contributed by atoms with E-state index in [0.717, 1.165) is 22.3 Å². The van der Waals surface area contributed by atoms with Gasteiger partial charge in [0.2, 0.25) is 0 Å². The summed E-state index contributed by atoms with van der Waals surface area (Å²) in [4.78, 5) is 22.7. The average Bonchev–Trinajstić information content (AvgIpc) is 3.35. The van der Waals surface area contributed by atoms with Crippen molar-refractivity contribution in [3.05, 3.63) is 83.3 Å². The van der Waals surface area contributed by atoms with Crippen molar-refractivity contribution in [2.45, 2.75) is 20.4 Å². The van der Waals surface area contributed by atoms with E-state index < -0.39 is 0 Å². The first kappa shape index (κ1) is 18.9. The van der Waals surface area contributed by atoms with Gasteiger partial charge in [-0.1, -0.05) is 18.2 Å². The number of benzene rings is 2. The van der Waals surface area contributed by atoms with Gasteiger partial charge < -0.3 is 15.5 Å². The van der Waals surface area contributed by atoms with Crippen LogP contribution in [0.2, 0.25) is 0 Å². The number of anilines is 1. The molecule has 0 saturated carbocycles. The minimum Gasteiger partial charge on any atom is -0.467 e. The quantitative estimate of drug-likeness (QED) is 0.459. The van der Waals surface area contributed by atoms with Crippen molar-refractivity contribution in [2.24, 2.45) is 0 Å². The lowest BCUT2D eigenvalue weighted by Gasteiger charge is -2.10. The SMILES string of the molecule is Cc1cc(C)cc(-n2c(N)c(C(=O)NCc3ccco3)c3nc4ccccc4nc32)c1. The van der Waals surface area contributed by atoms with Crippen LogP contribution < -0.4 is 11.1 Å². The smallest absolute Gasteiger partial charge is 0.257 e. The normalized spacial score (nSPS) is 11.3. The van der Waals surface area contributed by atoms with E-state index in [1.807, 2.05) is 50.2 Å². The number of carbonyl (C=O) groups excluding carboxylic acids is 1. The van der Waals surface area contributed by atoms with Crippen LogP contribution in [-0.2, 0) is 6.54 Å². The van der Waals surface area contributed by atoms with Crippen molar-refractivity contribution in [1.82, 2.24) is 19.9 Å². The Morgan fingerprint density at radius 1 is 1.03 bits per heavy atom. The Morgan fingerprint density at radius 3 is 2.42 bits per heavy atom. The predicted octanol–water partition coefficient (Wildman–Crippen LogP) is 4.30. The lowest BCUT2D eigenvalue weighted by Crippen LogP contribution is -2.23. The number of nitrogens with two attached hydrogens (primary N) is 1. The highest BCUT2D eigenvalue weighted by molar-refractivity contribution is 6.11. The molecule has 0 aliphatic heterocycles. The summed E-state index contributed by atoms with van der Waals surface area (Å²) in [6.45, 7) is 4.30. The molecule has 0 aliphatic carbocycles. The maximum Gasteiger partial charge on any atom is 0.257 e. The van der Waals surface area contributed by atoms with Gasteiger partial charge in [0.1, 0.15) is 22.7 Å². The van der Waals surface area contributed by atoms with E-state index in [1.165, 1.54) is 0 Å². The first-order chi connectivity index (χ1) is 15.0. The molecule has 3 N–H and O–H groups in total. The van der Waals surface area contributed by atoms with Crippen LogP contribution >= 0.6 is 0 Å². The average molecular weight is 411 g/mol. The Labute approximate surface area is 178 Å². The third-order valence-corrected chi connectivity index (χ3v) is 5.19. The maximum atomic E-state index is 13.2. The Kier molecular flexibility index (Phi) is 4.43. The van der Waals surface area contributed by atoms with Crippen LogP contribution in [-0.4, -0.2) is 20.4 Å². The van der Waals surface area contributed by atoms with Gasteiger partial charge in [0.25, 0.3) is 5.91 Å². The number of nitrogens with one attached hydrogen (secondary N) is 1. The van der Waals surface area contributed by atoms with Crippen LogP contribution in [0.1, 0.15) is 27.2 Å². The molecule has 0 atom stereocenters. The minimum atomic E-state index is -0.327. The van der Waals surface area contributed by atoms with E-state index in [2.05, 4.69) is 11.4 Å². The van der Waals surface area contributed by atoms with Gasteiger partial charge in [0.05, 0.1) is 23.8 Å². The first-order valence-electron chi connectivity index (χ1n) is 9.97. The van der Waals surface area contributed by atoms with Crippen molar-refractivity contribution >= 4 is 33.9 Å². The number of para-hydroxylation sites is 2. The van der Waals surface area contributed by atoms with E-state index in [-0.39, 0.29) is 12.5 Å². The zero-order valence-corrected chi connectivity index (χ0v) is 17.2. The zero-order valence-electron chi connectivity index (χ0n) is 17.2. The Balaban J connectivity index is 1.73. The van der Waals surface area contributed by atoms with Gasteiger partial charge in [-0.2, -0.15) is 0 Å². The number of nitrogen functional groups attached to an aromatic ring is 1. The first-order valence-corrected chi connectivity index (χ1v) is 9.97. The van der Waals surface area contributed by atoms with E-state index in [9.17, 15) is 4.79 Å². The molecule has 7 heteroatoms. The summed E-state index contributed by atoms with van der Waals surface area (Å²) in [6, 6.07) is 17.3. The number of hydrogen-bond acceptors (Lipinski definition) is 5. The molecule has 0 spiro atoms. The Hall–Kier alpha value is -4.13. The molecule has 0 fully saturated rings. The second kappa shape index (κ2) is 7.28. The van der Waals surface area contributed by atoms with E-state index in [1.54, 1.807) is 23.0 Å². The van der Waals surface area contributed by atoms with Crippen LogP contribution in [0.15, 0.2) is 65.3 Å². The monoisotopic (exact) mass is 411 g/mol. The van der Waals surface area contributed by atoms with Gasteiger partial charge in [-0.15, -0.1) is 0 Å². The molecule has 7 nitrogen and oxygen atoms in total. The number of aryl methyl sites for hydroxylation is 2. The second-order valence-corrected chi connectivity index (χ2v) is 7.59. The van der Waals surface area contributed by atoms with Gasteiger partial charge in [-0.25, -0.2) is 9.97 Å². The van der Waals surface area contributed by atoms with Crippen LogP contribution in [0.5, 0.6) is 0 Å². The summed E-state index contributed by atoms with van der Waals surface area (Å²) in [5.41, 5.74) is 12.3. The second-order valence-electron chi connectivity index (χ2n) is 7.59. The van der Waals surface area contributed by atoms with Crippen molar-refractivity contribution in [3.8, 4) is 5.69 Å². The van der Waals surface area contributed by atoms with Gasteiger partial charge >= 0.3 is 0 Å². The van der Waals surface area contributed by atoms with Crippen LogP contribution in [0.25, 0.3) is 27.9 Å². The summed E-state index contributed by atoms with van der Waals surface area (Å²) >= 11 is 0. The van der Waals surface area contributed by atoms with Crippen molar-refractivity contribution in [1.29, 1.82) is 0 Å². The van der Waals surface area contributed by atoms with Crippen molar-refractivity contribution < 1.29 is 9.21 Å². The molecule has 2 aromatic carbocycles. The third kappa shape index (κ3) is 3.30. The van der Waals surface area contributed by atoms with Crippen LogP contribution in [0, 0.1) is 13.8 Å². The maximum absolute atomic E-state index is 13.2. The summed E-state index contributed by atoms with van der Waals surface area (Å²) in [7, 11) is 0. The van der Waals surface area contributed by atoms with Crippen LogP contribution in [0.4, 0.5) is 5.82 Å². The fraction of sp³-hybridized carbons (Fsp3) is 0.125. The minimum absolute atomic E-state index is 0.252. The molecule has 0 saturated heterocycles. The summed E-state index contributed by atoms with van der Waals surface area (Å²) < 4.78 is 7.12. The molecular formula is C24H21N5O2. The third-order valence-electron chi connectivity index (χ3n) is 5.19. The predicted molar refractivity (Wildman–Crippen MR) is 120 cm³/mol. The molecule has 0 radical (unpaired) electrons. The molecule has 5 rings (SSSR count). The molecule has 3 heterocycles. The molecule has 154 valence electrons. The number of rotatable bonds is 4. The number of hydrogen-bond donors (Lipinski definition) is 2. The highest BCUT2D eigenvalue weighted by Crippen LogP contribution is 2.31. The molecule has 0 unspecified atom stereocenters. The number of carbonyl (C=O) groups is 1. The number of aromatic nitrogens is 3. The molecule has 1 amide bonds. The lowest BCUT2D eigenvalue weighted by molar-refractivity contribution is 0.0950. The van der Waals surface area contributed by atoms with Crippen molar-refractivity contribution in [2.75, 3.05) is 5.73 Å². The molecular weight excluding hydrogens is 390 g/mol. The van der Waals surface area contributed by atoms with E-state index >= 15 is 0 Å². The molecule has 31 heavy (non-hydrogen) atoms. The standard InChI is InChI=1S/C24H21N5O2/c1-14-10-15(2)12-16(11-14)29-22(25)20(24(30)26-13-17-6-5-9-31-17)21-23(29)28-19-8-4-3-7-18(19)27-21/h3-12H,13,25H2,1-2H3,(H,26,30). The Morgan fingerprint density at radius 2 is 1.74 bits per heavy atom. The van der Waals surface area contributed by atoms with Gasteiger partial charge in [0, 0.05) is 5.69 Å². The number of amides is 1. The topological polar surface area (TPSA) is 99.0 Å². The zero-order chi connectivity index (χ0) is 21.5. The van der Waals surface area contributed by atoms with Gasteiger partial charge in [0.15, 0.2) is 5.65 Å². The summed E-state index contributed by atoms with van der Waals surface area (Å²) in [5, 5.41) is 2.88. The van der Waals surface area contributed by atoms with Gasteiger partial charge in [-0.3, -0.25) is 9.36 Å². The van der Waals surface area contributed by atoms with E-state index in [0.29, 0.717) is 33.8 Å². The van der Waals surface area contributed by atoms with E-state index in [4.69, 9.17) is 20.1 Å². The molecule has 3 aromatic heterocycles. The van der Waals surface area contributed by atoms with Gasteiger partial charge in [-0.05, 0) is 61.4 Å². The number of furan rings is 1. The van der Waals surface area contributed by atoms with Crippen LogP contribution in [0.3, 0.4) is 0 Å². The molecule has 0 aliphatic rings. The fourth-order valence-corrected chi connectivity index (χ4v) is 3.90. The number of fused-ring (bicyclic) bond motifs is 2. The molecule has 0 bridgehead atoms. The molecule has 5 aromatic rings. The Bertz CT molecular complexity index is 1410. The van der Waals surface area contributed by atoms with Crippen molar-refractivity contribution in [3.63, 3.8) is 0 Å². The summed E-state index contributed by atoms with van der Waals surface area (Å²) in [6.07, 6.45) is 1.57.